The molecule has 0 amide bonds. The summed E-state index contributed by atoms with van der Waals surface area (Å²) in [7, 11) is 2.01. The molecule has 0 aliphatic carbocycles. The molecule has 0 N–H and O–H groups in total. The van der Waals surface area contributed by atoms with E-state index in [0.717, 1.165) is 35.4 Å². The van der Waals surface area contributed by atoms with Gasteiger partial charge in [0.2, 0.25) is 0 Å². The smallest absolute Gasteiger partial charge is 0.191 e. The molecule has 6 heteroatoms. The van der Waals surface area contributed by atoms with Crippen molar-refractivity contribution in [2.75, 3.05) is 18.0 Å². The first kappa shape index (κ1) is 17.5. The minimum absolute atomic E-state index is 0.834. The summed E-state index contributed by atoms with van der Waals surface area (Å²) in [5.41, 5.74) is 3.50. The number of pyridine rings is 1. The van der Waals surface area contributed by atoms with Crippen molar-refractivity contribution in [1.82, 2.24) is 19.7 Å². The Balaban J connectivity index is 1.74. The van der Waals surface area contributed by atoms with Crippen LogP contribution in [0.5, 0.6) is 0 Å². The molecule has 2 heterocycles. The molecule has 2 aromatic heterocycles. The second-order valence-electron chi connectivity index (χ2n) is 5.73. The van der Waals surface area contributed by atoms with Crippen molar-refractivity contribution in [2.45, 2.75) is 24.8 Å². The minimum Gasteiger partial charge on any atom is -0.372 e. The normalized spacial score (nSPS) is 10.8. The fourth-order valence-corrected chi connectivity index (χ4v) is 3.58. The van der Waals surface area contributed by atoms with Crippen LogP contribution in [0.3, 0.4) is 0 Å². The van der Waals surface area contributed by atoms with Crippen molar-refractivity contribution in [3.8, 4) is 11.4 Å². The van der Waals surface area contributed by atoms with Crippen molar-refractivity contribution in [2.24, 2.45) is 7.05 Å². The van der Waals surface area contributed by atoms with E-state index in [2.05, 4.69) is 64.3 Å². The SMILES string of the molecule is CCN(CC)c1ccc(-c2nnc(SCc3cccnc3)n2C)cc1. The van der Waals surface area contributed by atoms with E-state index in [1.165, 1.54) is 11.3 Å². The maximum absolute atomic E-state index is 4.38. The zero-order valence-electron chi connectivity index (χ0n) is 14.9. The molecule has 3 aromatic rings. The lowest BCUT2D eigenvalue weighted by Crippen LogP contribution is -2.21. The fourth-order valence-electron chi connectivity index (χ4n) is 2.73. The van der Waals surface area contributed by atoms with E-state index in [0.29, 0.717) is 0 Å². The van der Waals surface area contributed by atoms with E-state index < -0.39 is 0 Å². The maximum Gasteiger partial charge on any atom is 0.191 e. The molecule has 0 bridgehead atoms. The van der Waals surface area contributed by atoms with Gasteiger partial charge >= 0.3 is 0 Å². The average Bonchev–Trinajstić information content (AvgIpc) is 3.03. The first-order valence-electron chi connectivity index (χ1n) is 8.49. The van der Waals surface area contributed by atoms with Crippen molar-refractivity contribution < 1.29 is 0 Å². The lowest BCUT2D eigenvalue weighted by atomic mass is 10.2. The highest BCUT2D eigenvalue weighted by atomic mass is 32.2. The van der Waals surface area contributed by atoms with Crippen LogP contribution in [0.2, 0.25) is 0 Å². The molecular weight excluding hydrogens is 330 g/mol. The maximum atomic E-state index is 4.38. The van der Waals surface area contributed by atoms with Gasteiger partial charge in [0.25, 0.3) is 0 Å². The van der Waals surface area contributed by atoms with Crippen LogP contribution in [0.1, 0.15) is 19.4 Å². The van der Waals surface area contributed by atoms with E-state index >= 15 is 0 Å². The first-order valence-corrected chi connectivity index (χ1v) is 9.48. The molecule has 3 rings (SSSR count). The Bertz CT molecular complexity index is 794. The number of rotatable bonds is 7. The lowest BCUT2D eigenvalue weighted by Gasteiger charge is -2.21. The van der Waals surface area contributed by atoms with Crippen LogP contribution in [0.4, 0.5) is 5.69 Å². The zero-order valence-corrected chi connectivity index (χ0v) is 15.7. The number of hydrogen-bond donors (Lipinski definition) is 0. The minimum atomic E-state index is 0.834. The number of anilines is 1. The Morgan fingerprint density at radius 3 is 2.44 bits per heavy atom. The molecule has 0 fully saturated rings. The van der Waals surface area contributed by atoms with Gasteiger partial charge in [-0.05, 0) is 49.7 Å². The second-order valence-corrected chi connectivity index (χ2v) is 6.68. The summed E-state index contributed by atoms with van der Waals surface area (Å²) in [6, 6.07) is 12.6. The third-order valence-electron chi connectivity index (χ3n) is 4.18. The number of nitrogens with zero attached hydrogens (tertiary/aromatic N) is 5. The topological polar surface area (TPSA) is 46.8 Å². The van der Waals surface area contributed by atoms with E-state index in [4.69, 9.17) is 0 Å². The van der Waals surface area contributed by atoms with Gasteiger partial charge in [0.15, 0.2) is 11.0 Å². The summed E-state index contributed by atoms with van der Waals surface area (Å²) in [6.45, 7) is 6.36. The van der Waals surface area contributed by atoms with Crippen LogP contribution >= 0.6 is 11.8 Å². The highest BCUT2D eigenvalue weighted by molar-refractivity contribution is 7.98. The van der Waals surface area contributed by atoms with Crippen LogP contribution in [0, 0.1) is 0 Å². The Labute approximate surface area is 153 Å². The van der Waals surface area contributed by atoms with Gasteiger partial charge in [-0.2, -0.15) is 0 Å². The monoisotopic (exact) mass is 353 g/mol. The zero-order chi connectivity index (χ0) is 17.6. The Kier molecular flexibility index (Phi) is 5.71. The quantitative estimate of drug-likeness (QED) is 0.601. The third kappa shape index (κ3) is 4.02. The molecule has 1 aromatic carbocycles. The van der Waals surface area contributed by atoms with Crippen molar-refractivity contribution in [3.63, 3.8) is 0 Å². The molecule has 0 saturated carbocycles. The Hall–Kier alpha value is -2.34. The van der Waals surface area contributed by atoms with Crippen LogP contribution in [-0.2, 0) is 12.8 Å². The summed E-state index contributed by atoms with van der Waals surface area (Å²) in [4.78, 5) is 6.48. The summed E-state index contributed by atoms with van der Waals surface area (Å²) >= 11 is 1.67. The van der Waals surface area contributed by atoms with Crippen LogP contribution in [0.15, 0.2) is 53.9 Å². The number of hydrogen-bond acceptors (Lipinski definition) is 5. The van der Waals surface area contributed by atoms with Crippen molar-refractivity contribution in [3.05, 3.63) is 54.4 Å². The highest BCUT2D eigenvalue weighted by Gasteiger charge is 2.12. The molecule has 0 radical (unpaired) electrons. The van der Waals surface area contributed by atoms with Gasteiger partial charge in [-0.15, -0.1) is 10.2 Å². The van der Waals surface area contributed by atoms with Gasteiger partial charge in [0.05, 0.1) is 0 Å². The molecule has 130 valence electrons. The first-order chi connectivity index (χ1) is 12.2. The van der Waals surface area contributed by atoms with Gasteiger partial charge < -0.3 is 9.47 Å². The predicted molar refractivity (Wildman–Crippen MR) is 104 cm³/mol. The molecular formula is C19H23N5S. The standard InChI is InChI=1S/C19H23N5S/c1-4-24(5-2)17-10-8-16(9-11-17)18-21-22-19(23(18)3)25-14-15-7-6-12-20-13-15/h6-13H,4-5,14H2,1-3H3. The number of thioether (sulfide) groups is 1. The van der Waals surface area contributed by atoms with Gasteiger partial charge in [-0.3, -0.25) is 4.98 Å². The Morgan fingerprint density at radius 2 is 1.80 bits per heavy atom. The molecule has 5 nitrogen and oxygen atoms in total. The molecule has 0 unspecified atom stereocenters. The predicted octanol–water partition coefficient (Wildman–Crippen LogP) is 4.02. The molecule has 0 aliphatic heterocycles. The van der Waals surface area contributed by atoms with Gasteiger partial charge in [-0.25, -0.2) is 0 Å². The second kappa shape index (κ2) is 8.16. The van der Waals surface area contributed by atoms with Gasteiger partial charge in [0, 0.05) is 49.5 Å². The van der Waals surface area contributed by atoms with Crippen LogP contribution in [-0.4, -0.2) is 32.8 Å². The van der Waals surface area contributed by atoms with E-state index in [1.54, 1.807) is 18.0 Å². The van der Waals surface area contributed by atoms with Crippen LogP contribution in [0.25, 0.3) is 11.4 Å². The summed E-state index contributed by atoms with van der Waals surface area (Å²) in [5, 5.41) is 9.63. The molecule has 0 saturated heterocycles. The van der Waals surface area contributed by atoms with E-state index in [9.17, 15) is 0 Å². The van der Waals surface area contributed by atoms with Crippen molar-refractivity contribution in [1.29, 1.82) is 0 Å². The molecule has 25 heavy (non-hydrogen) atoms. The van der Waals surface area contributed by atoms with Crippen molar-refractivity contribution >= 4 is 17.4 Å². The van der Waals surface area contributed by atoms with E-state index in [1.807, 2.05) is 23.9 Å². The highest BCUT2D eigenvalue weighted by Crippen LogP contribution is 2.26. The summed E-state index contributed by atoms with van der Waals surface area (Å²) in [6.07, 6.45) is 3.67. The summed E-state index contributed by atoms with van der Waals surface area (Å²) in [5.74, 6) is 1.72. The van der Waals surface area contributed by atoms with Crippen LogP contribution < -0.4 is 4.90 Å². The molecule has 0 atom stereocenters. The Morgan fingerprint density at radius 1 is 1.04 bits per heavy atom. The van der Waals surface area contributed by atoms with Gasteiger partial charge in [0.1, 0.15) is 0 Å². The van der Waals surface area contributed by atoms with Gasteiger partial charge in [-0.1, -0.05) is 17.8 Å². The summed E-state index contributed by atoms with van der Waals surface area (Å²) < 4.78 is 2.05. The molecule has 0 spiro atoms. The third-order valence-corrected chi connectivity index (χ3v) is 5.27. The van der Waals surface area contributed by atoms with E-state index in [-0.39, 0.29) is 0 Å². The largest absolute Gasteiger partial charge is 0.372 e. The lowest BCUT2D eigenvalue weighted by molar-refractivity contribution is 0.793. The fraction of sp³-hybridized carbons (Fsp3) is 0.316. The number of benzene rings is 1. The number of aromatic nitrogens is 4. The average molecular weight is 353 g/mol. The molecule has 0 aliphatic rings.